The lowest BCUT2D eigenvalue weighted by molar-refractivity contribution is -0.120. The number of halogens is 6. The number of anilines is 3. The summed E-state index contributed by atoms with van der Waals surface area (Å²) >= 11 is 21.3. The van der Waals surface area contributed by atoms with Gasteiger partial charge in [0, 0.05) is 96.5 Å². The molecule has 0 aliphatic carbocycles. The predicted molar refractivity (Wildman–Crippen MR) is 346 cm³/mol. The highest BCUT2D eigenvalue weighted by atomic mass is 35.5. The molecule has 9 aromatic rings. The molecule has 0 saturated carbocycles. The van der Waals surface area contributed by atoms with Gasteiger partial charge in [-0.1, -0.05) is 34.8 Å². The number of thiazole rings is 3. The molecule has 492 valence electrons. The molecule has 6 aromatic heterocycles. The summed E-state index contributed by atoms with van der Waals surface area (Å²) in [7, 11) is -2.41. The van der Waals surface area contributed by atoms with Gasteiger partial charge in [-0.15, -0.1) is 34.0 Å². The van der Waals surface area contributed by atoms with Crippen molar-refractivity contribution >= 4 is 134 Å². The molecule has 93 heavy (non-hydrogen) atoms. The van der Waals surface area contributed by atoms with Gasteiger partial charge in [0.15, 0.2) is 0 Å². The van der Waals surface area contributed by atoms with Crippen molar-refractivity contribution < 1.29 is 52.8 Å². The van der Waals surface area contributed by atoms with E-state index in [1.165, 1.54) is 91.6 Å². The number of rotatable bonds is 12. The maximum absolute atomic E-state index is 13.4. The molecule has 2 unspecified atom stereocenters. The Kier molecular flexibility index (Phi) is 20.7. The van der Waals surface area contributed by atoms with E-state index in [2.05, 4.69) is 60.4 Å². The number of amides is 3. The highest BCUT2D eigenvalue weighted by Crippen LogP contribution is 2.38. The molecule has 3 fully saturated rings. The van der Waals surface area contributed by atoms with Gasteiger partial charge >= 0.3 is 0 Å². The predicted octanol–water partition coefficient (Wildman–Crippen LogP) is 7.66. The van der Waals surface area contributed by atoms with Crippen LogP contribution in [0.5, 0.6) is 0 Å². The van der Waals surface area contributed by atoms with Gasteiger partial charge in [-0.2, -0.15) is 67.6 Å². The Bertz CT molecular complexity index is 4190. The smallest absolute Gasteiger partial charge is 0.280 e. The highest BCUT2D eigenvalue weighted by molar-refractivity contribution is 7.87. The molecule has 3 aromatic carbocycles. The third-order valence-corrected chi connectivity index (χ3v) is 23.9. The Morgan fingerprint density at radius 2 is 0.710 bits per heavy atom. The molecule has 27 nitrogen and oxygen atoms in total. The molecular weight excluding hydrogens is 1400 g/mol. The average molecular weight is 1450 g/mol. The molecule has 3 amide bonds. The van der Waals surface area contributed by atoms with Gasteiger partial charge in [0.1, 0.15) is 50.6 Å². The lowest BCUT2D eigenvalue weighted by Gasteiger charge is -2.35. The topological polar surface area (TPSA) is 328 Å². The van der Waals surface area contributed by atoms with Crippen LogP contribution in [-0.2, 0) is 66.2 Å². The number of nitrogens with zero attached hydrogens (tertiary/aromatic N) is 12. The van der Waals surface area contributed by atoms with Crippen molar-refractivity contribution in [3.05, 3.63) is 158 Å². The number of hydrogen-bond donors (Lipinski definition) is 6. The molecule has 0 spiro atoms. The zero-order chi connectivity index (χ0) is 67.0. The molecule has 6 N–H and O–H groups in total. The number of carbonyl (C=O) groups is 3. The van der Waals surface area contributed by atoms with Crippen LogP contribution < -0.4 is 30.1 Å². The summed E-state index contributed by atoms with van der Waals surface area (Å²) in [4.78, 5) is 54.2. The first-order valence-corrected chi connectivity index (χ1v) is 35.2. The molecule has 39 heteroatoms. The van der Waals surface area contributed by atoms with Crippen molar-refractivity contribution in [2.24, 2.45) is 21.1 Å². The van der Waals surface area contributed by atoms with E-state index in [-0.39, 0.29) is 51.4 Å². The first-order valence-electron chi connectivity index (χ1n) is 27.3. The van der Waals surface area contributed by atoms with Crippen molar-refractivity contribution in [2.45, 2.75) is 55.5 Å². The summed E-state index contributed by atoms with van der Waals surface area (Å²) in [6.07, 6.45) is 10.4. The largest absolute Gasteiger partial charge is 0.325 e. The van der Waals surface area contributed by atoms with Crippen LogP contribution in [0, 0.1) is 17.5 Å². The number of likely N-dealkylation sites (N-methyl/N-ethyl adjacent to an activating group) is 3. The number of nitrogens with one attached hydrogen (secondary N) is 6. The fraction of sp³-hybridized carbons (Fsp3) is 0.278. The molecule has 0 bridgehead atoms. The molecule has 0 radical (unpaired) electrons. The molecule has 12 rings (SSSR count). The van der Waals surface area contributed by atoms with E-state index in [0.717, 1.165) is 62.8 Å². The number of aryl methyl sites for hydroxylation is 3. The van der Waals surface area contributed by atoms with Gasteiger partial charge in [-0.3, -0.25) is 28.4 Å². The van der Waals surface area contributed by atoms with E-state index in [4.69, 9.17) is 34.8 Å². The number of aromatic nitrogens is 9. The SMILES string of the molecule is CN1C(C(=O)Nc2ccc(F)c(Cl)c2)CC(c2ncc(-c3ccnn3C)s2)NS1(=O)=O.CN1[C@@H](C(=O)Nc2ccc(F)c(Cl)c2)C[C@@H](c2ncc(-c3ccnn3C)s2)NS1(=O)=O.CN1[C@H](C(=O)Nc2ccc(F)c(Cl)c2)C[C@H](c2ncc(-c3ccnn3C)s2)NS1(=O)=O. The van der Waals surface area contributed by atoms with E-state index in [1.807, 2.05) is 18.2 Å². The second kappa shape index (κ2) is 28.1. The summed E-state index contributed by atoms with van der Waals surface area (Å²) in [5.74, 6) is -3.51. The van der Waals surface area contributed by atoms with E-state index >= 15 is 0 Å². The van der Waals surface area contributed by atoms with Crippen molar-refractivity contribution in [1.29, 1.82) is 0 Å². The minimum Gasteiger partial charge on any atom is -0.325 e. The fourth-order valence-electron chi connectivity index (χ4n) is 9.77. The Balaban J connectivity index is 0.000000153. The van der Waals surface area contributed by atoms with Crippen LogP contribution in [0.2, 0.25) is 15.1 Å². The van der Waals surface area contributed by atoms with E-state index in [9.17, 15) is 52.8 Å². The van der Waals surface area contributed by atoms with E-state index in [0.29, 0.717) is 15.0 Å². The zero-order valence-corrected chi connectivity index (χ0v) is 56.4. The second-order valence-corrected chi connectivity index (χ2v) is 30.6. The van der Waals surface area contributed by atoms with Crippen molar-refractivity contribution in [3.8, 4) is 31.7 Å². The summed E-state index contributed by atoms with van der Waals surface area (Å²) in [6.45, 7) is 0. The monoisotopic (exact) mass is 1450 g/mol. The normalized spacial score (nSPS) is 21.2. The van der Waals surface area contributed by atoms with Crippen LogP contribution in [-0.4, -0.2) is 139 Å². The third kappa shape index (κ3) is 15.5. The number of benzene rings is 3. The second-order valence-electron chi connectivity index (χ2n) is 20.9. The molecule has 9 heterocycles. The minimum absolute atomic E-state index is 0.146. The summed E-state index contributed by atoms with van der Waals surface area (Å²) in [6, 6.07) is 11.7. The lowest BCUT2D eigenvalue weighted by atomic mass is 10.1. The van der Waals surface area contributed by atoms with E-state index in [1.54, 1.807) is 72.4 Å². The standard InChI is InChI=1S/3C18H18ClFN6O3S2/c3*1-25-14(5-6-22-25)16-9-21-18(30-16)13-8-15(26(2)31(28,29)24-13)17(27)23-10-3-4-12(20)11(19)7-10/h3*3-7,9,13,15,24H,8H2,1-2H3,(H,23,27)/t2*13-,15+;/m10./s1. The van der Waals surface area contributed by atoms with Crippen LogP contribution in [0.1, 0.15) is 52.4 Å². The van der Waals surface area contributed by atoms with Crippen molar-refractivity contribution in [3.63, 3.8) is 0 Å². The number of carbonyl (C=O) groups excluding carboxylic acids is 3. The van der Waals surface area contributed by atoms with Crippen molar-refractivity contribution in [1.82, 2.24) is 71.4 Å². The highest BCUT2D eigenvalue weighted by Gasteiger charge is 2.45. The molecule has 3 aliphatic rings. The fourth-order valence-corrected chi connectivity index (χ4v) is 17.4. The van der Waals surface area contributed by atoms with Crippen LogP contribution in [0.15, 0.2) is 110 Å². The lowest BCUT2D eigenvalue weighted by Crippen LogP contribution is -2.55. The Hall–Kier alpha value is -7.14. The maximum atomic E-state index is 13.4. The Labute approximate surface area is 557 Å². The van der Waals surface area contributed by atoms with Crippen LogP contribution in [0.3, 0.4) is 0 Å². The molecular formula is C54H54Cl3F3N18O9S6. The van der Waals surface area contributed by atoms with E-state index < -0.39 is 102 Å². The van der Waals surface area contributed by atoms with Gasteiger partial charge < -0.3 is 16.0 Å². The summed E-state index contributed by atoms with van der Waals surface area (Å²) < 4.78 is 132. The summed E-state index contributed by atoms with van der Waals surface area (Å²) in [5.41, 5.74) is 3.35. The quantitative estimate of drug-likeness (QED) is 0.0684. The summed E-state index contributed by atoms with van der Waals surface area (Å²) in [5, 5.41) is 21.4. The van der Waals surface area contributed by atoms with Crippen molar-refractivity contribution in [2.75, 3.05) is 37.1 Å². The minimum atomic E-state index is -3.93. The average Bonchev–Trinajstić information content (AvgIpc) is 1.72. The molecule has 3 aliphatic heterocycles. The van der Waals surface area contributed by atoms with Crippen LogP contribution in [0.4, 0.5) is 30.2 Å². The Morgan fingerprint density at radius 1 is 0.452 bits per heavy atom. The zero-order valence-electron chi connectivity index (χ0n) is 49.2. The first-order chi connectivity index (χ1) is 44.0. The molecule has 3 saturated heterocycles. The number of hydrogen-bond acceptors (Lipinski definition) is 18. The van der Waals surface area contributed by atoms with Crippen LogP contribution in [0.25, 0.3) is 31.7 Å². The maximum Gasteiger partial charge on any atom is 0.280 e. The van der Waals surface area contributed by atoms with Gasteiger partial charge in [0.25, 0.3) is 30.6 Å². The van der Waals surface area contributed by atoms with Gasteiger partial charge in [-0.05, 0) is 92.1 Å². The first kappa shape index (κ1) is 68.7. The van der Waals surface area contributed by atoms with Gasteiger partial charge in [0.2, 0.25) is 17.7 Å². The molecule has 6 atom stereocenters. The Morgan fingerprint density at radius 3 is 0.935 bits per heavy atom. The van der Waals surface area contributed by atoms with Gasteiger partial charge in [0.05, 0.1) is 64.9 Å². The van der Waals surface area contributed by atoms with Gasteiger partial charge in [-0.25, -0.2) is 28.1 Å². The van der Waals surface area contributed by atoms with Crippen LogP contribution >= 0.6 is 68.8 Å². The third-order valence-electron chi connectivity index (χ3n) is 14.9.